The number of benzene rings is 1. The summed E-state index contributed by atoms with van der Waals surface area (Å²) in [6.45, 7) is 7.64. The van der Waals surface area contributed by atoms with E-state index in [-0.39, 0.29) is 11.3 Å². The molecule has 7 heteroatoms. The van der Waals surface area contributed by atoms with Gasteiger partial charge < -0.3 is 15.0 Å². The Morgan fingerprint density at radius 2 is 1.93 bits per heavy atom. The number of amides is 1. The molecule has 0 unspecified atom stereocenters. The van der Waals surface area contributed by atoms with Gasteiger partial charge in [-0.2, -0.15) is 5.10 Å². The highest BCUT2D eigenvalue weighted by Crippen LogP contribution is 2.41. The molecule has 0 radical (unpaired) electrons. The van der Waals surface area contributed by atoms with Gasteiger partial charge in [-0.15, -0.1) is 0 Å². The molecule has 2 aromatic heterocycles. The molecule has 150 valence electrons. The Bertz CT molecular complexity index is 1080. The molecule has 1 saturated heterocycles. The van der Waals surface area contributed by atoms with Crippen molar-refractivity contribution >= 4 is 22.9 Å². The topological polar surface area (TPSA) is 71.8 Å². The van der Waals surface area contributed by atoms with E-state index in [1.165, 1.54) is 11.1 Å². The van der Waals surface area contributed by atoms with Gasteiger partial charge in [0.15, 0.2) is 5.65 Å². The number of anilines is 2. The molecule has 3 aromatic rings. The second-order valence-electron chi connectivity index (χ2n) is 8.66. The number of carbonyl (C=O) groups is 1. The van der Waals surface area contributed by atoms with Crippen molar-refractivity contribution in [1.29, 1.82) is 0 Å². The van der Waals surface area contributed by atoms with Gasteiger partial charge >= 0.3 is 0 Å². The van der Waals surface area contributed by atoms with Crippen LogP contribution in [0.3, 0.4) is 0 Å². The van der Waals surface area contributed by atoms with Crippen LogP contribution in [0.15, 0.2) is 36.8 Å². The van der Waals surface area contributed by atoms with Crippen LogP contribution in [0.2, 0.25) is 0 Å². The van der Waals surface area contributed by atoms with Crippen molar-refractivity contribution in [3.63, 3.8) is 0 Å². The molecular weight excluding hydrogens is 366 g/mol. The Balaban J connectivity index is 1.52. The predicted molar refractivity (Wildman–Crippen MR) is 112 cm³/mol. The fourth-order valence-electron chi connectivity index (χ4n) is 4.44. The summed E-state index contributed by atoms with van der Waals surface area (Å²) in [5.74, 6) is -0.189. The molecule has 1 aromatic carbocycles. The zero-order valence-corrected chi connectivity index (χ0v) is 16.8. The molecule has 5 rings (SSSR count). The maximum absolute atomic E-state index is 13.1. The number of carbonyl (C=O) groups excluding carboxylic acids is 1. The summed E-state index contributed by atoms with van der Waals surface area (Å²) in [6, 6.07) is 6.21. The van der Waals surface area contributed by atoms with E-state index in [1.807, 2.05) is 0 Å². The lowest BCUT2D eigenvalue weighted by Gasteiger charge is -2.31. The third kappa shape index (κ3) is 3.35. The smallest absolute Gasteiger partial charge is 0.261 e. The van der Waals surface area contributed by atoms with E-state index in [0.29, 0.717) is 24.4 Å². The van der Waals surface area contributed by atoms with Gasteiger partial charge in [0.2, 0.25) is 0 Å². The Morgan fingerprint density at radius 3 is 2.72 bits per heavy atom. The van der Waals surface area contributed by atoms with E-state index < -0.39 is 0 Å². The highest BCUT2D eigenvalue weighted by atomic mass is 16.5. The van der Waals surface area contributed by atoms with Crippen LogP contribution in [0.25, 0.3) is 5.65 Å². The van der Waals surface area contributed by atoms with Gasteiger partial charge in [-0.3, -0.25) is 4.79 Å². The second-order valence-corrected chi connectivity index (χ2v) is 8.66. The molecule has 1 N–H and O–H groups in total. The van der Waals surface area contributed by atoms with E-state index in [4.69, 9.17) is 4.74 Å². The van der Waals surface area contributed by atoms with Crippen LogP contribution in [0, 0.1) is 5.41 Å². The number of hydrogen-bond donors (Lipinski definition) is 1. The predicted octanol–water partition coefficient (Wildman–Crippen LogP) is 2.94. The Labute approximate surface area is 169 Å². The minimum Gasteiger partial charge on any atom is -0.378 e. The van der Waals surface area contributed by atoms with Gasteiger partial charge in [0, 0.05) is 25.5 Å². The molecule has 1 aliphatic heterocycles. The van der Waals surface area contributed by atoms with Crippen LogP contribution in [-0.4, -0.2) is 46.8 Å². The number of nitrogens with zero attached hydrogens (tertiary/aromatic N) is 4. The molecule has 0 atom stereocenters. The average Bonchev–Trinajstić information content (AvgIpc) is 3.27. The molecule has 1 amide bonds. The SMILES string of the molecule is CC1(C)Cc2cc(NC(=O)c3cnn4cccnc34)c(N3CCOCC3)cc2C1. The van der Waals surface area contributed by atoms with Crippen LogP contribution >= 0.6 is 0 Å². The standard InChI is InChI=1S/C22H25N5O2/c1-22(2)12-15-10-18(19(11-16(15)13-22)26-6-8-29-9-7-26)25-21(28)17-14-24-27-5-3-4-23-20(17)27/h3-5,10-11,14H,6-9,12-13H2,1-2H3,(H,25,28). The monoisotopic (exact) mass is 391 g/mol. The molecule has 0 bridgehead atoms. The number of rotatable bonds is 3. The van der Waals surface area contributed by atoms with Gasteiger partial charge in [-0.05, 0) is 47.6 Å². The first-order valence-corrected chi connectivity index (χ1v) is 10.1. The molecule has 0 saturated carbocycles. The number of fused-ring (bicyclic) bond motifs is 2. The first kappa shape index (κ1) is 18.1. The summed E-state index contributed by atoms with van der Waals surface area (Å²) < 4.78 is 7.14. The zero-order chi connectivity index (χ0) is 20.0. The first-order valence-electron chi connectivity index (χ1n) is 10.1. The number of hydrogen-bond acceptors (Lipinski definition) is 5. The molecular formula is C22H25N5O2. The van der Waals surface area contributed by atoms with E-state index in [9.17, 15) is 4.79 Å². The van der Waals surface area contributed by atoms with E-state index in [2.05, 4.69) is 46.3 Å². The third-order valence-electron chi connectivity index (χ3n) is 5.78. The molecule has 29 heavy (non-hydrogen) atoms. The molecule has 1 fully saturated rings. The number of morpholine rings is 1. The average molecular weight is 391 g/mol. The summed E-state index contributed by atoms with van der Waals surface area (Å²) in [5.41, 5.74) is 5.90. The van der Waals surface area contributed by atoms with Crippen molar-refractivity contribution in [3.8, 4) is 0 Å². The molecule has 1 aliphatic carbocycles. The van der Waals surface area contributed by atoms with Crippen molar-refractivity contribution < 1.29 is 9.53 Å². The molecule has 2 aliphatic rings. The van der Waals surface area contributed by atoms with Gasteiger partial charge in [-0.25, -0.2) is 9.50 Å². The molecule has 3 heterocycles. The Kier molecular flexibility index (Phi) is 4.28. The maximum Gasteiger partial charge on any atom is 0.261 e. The lowest BCUT2D eigenvalue weighted by atomic mass is 9.90. The first-order chi connectivity index (χ1) is 14.0. The lowest BCUT2D eigenvalue weighted by Crippen LogP contribution is -2.37. The lowest BCUT2D eigenvalue weighted by molar-refractivity contribution is 0.102. The fourth-order valence-corrected chi connectivity index (χ4v) is 4.44. The quantitative estimate of drug-likeness (QED) is 0.743. The van der Waals surface area contributed by atoms with Crippen LogP contribution < -0.4 is 10.2 Å². The van der Waals surface area contributed by atoms with Crippen LogP contribution in [-0.2, 0) is 17.6 Å². The minimum absolute atomic E-state index is 0.189. The molecule has 0 spiro atoms. The summed E-state index contributed by atoms with van der Waals surface area (Å²) in [7, 11) is 0. The van der Waals surface area contributed by atoms with E-state index in [0.717, 1.165) is 37.3 Å². The van der Waals surface area contributed by atoms with Crippen molar-refractivity contribution in [3.05, 3.63) is 53.5 Å². The van der Waals surface area contributed by atoms with E-state index in [1.54, 1.807) is 29.2 Å². The van der Waals surface area contributed by atoms with Crippen LogP contribution in [0.1, 0.15) is 35.3 Å². The fraction of sp³-hybridized carbons (Fsp3) is 0.409. The Hall–Kier alpha value is -2.93. The summed E-state index contributed by atoms with van der Waals surface area (Å²) >= 11 is 0. The highest BCUT2D eigenvalue weighted by molar-refractivity contribution is 6.09. The van der Waals surface area contributed by atoms with Gasteiger partial charge in [-0.1, -0.05) is 13.8 Å². The van der Waals surface area contributed by atoms with E-state index >= 15 is 0 Å². The summed E-state index contributed by atoms with van der Waals surface area (Å²) in [4.78, 5) is 19.7. The highest BCUT2D eigenvalue weighted by Gasteiger charge is 2.30. The minimum atomic E-state index is -0.189. The number of aromatic nitrogens is 3. The number of nitrogens with one attached hydrogen (secondary N) is 1. The van der Waals surface area contributed by atoms with Crippen molar-refractivity contribution in [2.75, 3.05) is 36.5 Å². The van der Waals surface area contributed by atoms with Crippen molar-refractivity contribution in [2.24, 2.45) is 5.41 Å². The summed E-state index contributed by atoms with van der Waals surface area (Å²) in [5, 5.41) is 7.38. The van der Waals surface area contributed by atoms with Gasteiger partial charge in [0.05, 0.1) is 30.8 Å². The van der Waals surface area contributed by atoms with Crippen LogP contribution in [0.5, 0.6) is 0 Å². The molecule has 7 nitrogen and oxygen atoms in total. The van der Waals surface area contributed by atoms with Gasteiger partial charge in [0.1, 0.15) is 5.56 Å². The Morgan fingerprint density at radius 1 is 1.17 bits per heavy atom. The van der Waals surface area contributed by atoms with Gasteiger partial charge in [0.25, 0.3) is 5.91 Å². The third-order valence-corrected chi connectivity index (χ3v) is 5.78. The summed E-state index contributed by atoms with van der Waals surface area (Å²) in [6.07, 6.45) is 7.11. The second kappa shape index (κ2) is 6.84. The maximum atomic E-state index is 13.1. The van der Waals surface area contributed by atoms with Crippen LogP contribution in [0.4, 0.5) is 11.4 Å². The zero-order valence-electron chi connectivity index (χ0n) is 16.8. The van der Waals surface area contributed by atoms with Crippen molar-refractivity contribution in [2.45, 2.75) is 26.7 Å². The van der Waals surface area contributed by atoms with Crippen molar-refractivity contribution in [1.82, 2.24) is 14.6 Å². The normalized spacial score (nSPS) is 18.1. The number of ether oxygens (including phenoxy) is 1. The largest absolute Gasteiger partial charge is 0.378 e.